The molecule has 0 spiro atoms. The Balaban J connectivity index is 1.86. The lowest BCUT2D eigenvalue weighted by atomic mass is 10.2. The van der Waals surface area contributed by atoms with E-state index in [1.54, 1.807) is 43.7 Å². The van der Waals surface area contributed by atoms with E-state index in [-0.39, 0.29) is 6.54 Å². The van der Waals surface area contributed by atoms with Gasteiger partial charge >= 0.3 is 0 Å². The molecular formula is C16H20N4O3S. The van der Waals surface area contributed by atoms with Crippen LogP contribution in [0.25, 0.3) is 0 Å². The zero-order valence-corrected chi connectivity index (χ0v) is 14.5. The second-order valence-corrected chi connectivity index (χ2v) is 7.51. The fourth-order valence-corrected chi connectivity index (χ4v) is 4.07. The summed E-state index contributed by atoms with van der Waals surface area (Å²) in [5.41, 5.74) is 1.64. The minimum atomic E-state index is -3.55. The maximum Gasteiger partial charge on any atom is 0.243 e. The van der Waals surface area contributed by atoms with Crippen molar-refractivity contribution < 1.29 is 13.2 Å². The summed E-state index contributed by atoms with van der Waals surface area (Å²) in [6, 6.07) is 6.87. The Morgan fingerprint density at radius 2 is 1.92 bits per heavy atom. The van der Waals surface area contributed by atoms with Crippen molar-refractivity contribution >= 4 is 15.8 Å². The lowest BCUT2D eigenvalue weighted by molar-refractivity contribution is -0.00468. The fraction of sp³-hybridized carbons (Fsp3) is 0.375. The Bertz CT molecular complexity index is 808. The molecule has 1 saturated heterocycles. The van der Waals surface area contributed by atoms with E-state index in [1.807, 2.05) is 6.92 Å². The van der Waals surface area contributed by atoms with Gasteiger partial charge in [-0.2, -0.15) is 4.31 Å². The second kappa shape index (κ2) is 6.84. The van der Waals surface area contributed by atoms with E-state index in [9.17, 15) is 8.42 Å². The first-order chi connectivity index (χ1) is 11.5. The molecule has 0 saturated carbocycles. The third-order valence-corrected chi connectivity index (χ3v) is 5.84. The lowest BCUT2D eigenvalue weighted by Gasteiger charge is -2.32. The number of morpholine rings is 1. The maximum absolute atomic E-state index is 12.8. The van der Waals surface area contributed by atoms with E-state index in [0.29, 0.717) is 29.6 Å². The zero-order chi connectivity index (χ0) is 17.2. The average Bonchev–Trinajstić information content (AvgIpc) is 2.62. The molecule has 128 valence electrons. The van der Waals surface area contributed by atoms with Gasteiger partial charge in [0, 0.05) is 32.5 Å². The van der Waals surface area contributed by atoms with Crippen molar-refractivity contribution in [1.29, 1.82) is 0 Å². The van der Waals surface area contributed by atoms with Crippen LogP contribution in [0.2, 0.25) is 0 Å². The largest absolute Gasteiger partial charge is 0.372 e. The van der Waals surface area contributed by atoms with Crippen LogP contribution in [0, 0.1) is 6.92 Å². The van der Waals surface area contributed by atoms with Gasteiger partial charge in [0.2, 0.25) is 10.0 Å². The number of hydrogen-bond acceptors (Lipinski definition) is 6. The van der Waals surface area contributed by atoms with Gasteiger partial charge in [0.05, 0.1) is 11.5 Å². The van der Waals surface area contributed by atoms with Gasteiger partial charge in [0.15, 0.2) is 0 Å². The standard InChI is InChI=1S/C16H20N4O3S/c1-12-3-5-13(6-4-12)24(21,22)20-9-10-23-14(11-20)15-16(17-2)19-8-7-18-15/h3-8,14H,9-11H2,1-2H3,(H,17,19). The summed E-state index contributed by atoms with van der Waals surface area (Å²) in [5, 5.41) is 2.96. The van der Waals surface area contributed by atoms with E-state index in [1.165, 1.54) is 4.31 Å². The quantitative estimate of drug-likeness (QED) is 0.903. The van der Waals surface area contributed by atoms with Crippen molar-refractivity contribution in [2.45, 2.75) is 17.9 Å². The SMILES string of the molecule is CNc1nccnc1C1CN(S(=O)(=O)c2ccc(C)cc2)CCO1. The number of benzene rings is 1. The summed E-state index contributed by atoms with van der Waals surface area (Å²) in [6.45, 7) is 2.77. The number of aromatic nitrogens is 2. The summed E-state index contributed by atoms with van der Waals surface area (Å²) in [5.74, 6) is 0.595. The second-order valence-electron chi connectivity index (χ2n) is 5.58. The van der Waals surface area contributed by atoms with Gasteiger partial charge in [-0.3, -0.25) is 4.98 Å². The topological polar surface area (TPSA) is 84.4 Å². The molecule has 0 bridgehead atoms. The molecule has 0 aliphatic carbocycles. The summed E-state index contributed by atoms with van der Waals surface area (Å²) < 4.78 is 32.9. The van der Waals surface area contributed by atoms with Crippen molar-refractivity contribution in [2.75, 3.05) is 32.1 Å². The summed E-state index contributed by atoms with van der Waals surface area (Å²) in [7, 11) is -1.81. The van der Waals surface area contributed by atoms with Crippen molar-refractivity contribution in [3.63, 3.8) is 0 Å². The van der Waals surface area contributed by atoms with E-state index < -0.39 is 16.1 Å². The molecule has 8 heteroatoms. The van der Waals surface area contributed by atoms with E-state index in [4.69, 9.17) is 4.74 Å². The lowest BCUT2D eigenvalue weighted by Crippen LogP contribution is -2.42. The van der Waals surface area contributed by atoms with E-state index in [0.717, 1.165) is 5.56 Å². The van der Waals surface area contributed by atoms with Gasteiger partial charge in [0.1, 0.15) is 17.6 Å². The predicted octanol–water partition coefficient (Wildman–Crippen LogP) is 1.59. The highest BCUT2D eigenvalue weighted by Gasteiger charge is 2.33. The number of rotatable bonds is 4. The molecular weight excluding hydrogens is 328 g/mol. The molecule has 1 atom stereocenters. The van der Waals surface area contributed by atoms with Crippen LogP contribution in [0.15, 0.2) is 41.6 Å². The molecule has 1 fully saturated rings. The Morgan fingerprint density at radius 3 is 2.62 bits per heavy atom. The van der Waals surface area contributed by atoms with E-state index >= 15 is 0 Å². The monoisotopic (exact) mass is 348 g/mol. The summed E-state index contributed by atoms with van der Waals surface area (Å²) >= 11 is 0. The molecule has 1 unspecified atom stereocenters. The predicted molar refractivity (Wildman–Crippen MR) is 90.2 cm³/mol. The number of anilines is 1. The smallest absolute Gasteiger partial charge is 0.243 e. The number of ether oxygens (including phenoxy) is 1. The van der Waals surface area contributed by atoms with Crippen LogP contribution in [0.1, 0.15) is 17.4 Å². The number of hydrogen-bond donors (Lipinski definition) is 1. The fourth-order valence-electron chi connectivity index (χ4n) is 2.65. The van der Waals surface area contributed by atoms with Crippen molar-refractivity contribution in [2.24, 2.45) is 0 Å². The van der Waals surface area contributed by atoms with Gasteiger partial charge in [-0.1, -0.05) is 17.7 Å². The van der Waals surface area contributed by atoms with Crippen molar-refractivity contribution in [3.8, 4) is 0 Å². The highest BCUT2D eigenvalue weighted by Crippen LogP contribution is 2.28. The number of nitrogens with zero attached hydrogens (tertiary/aromatic N) is 3. The Labute approximate surface area is 141 Å². The molecule has 1 N–H and O–H groups in total. The first-order valence-corrected chi connectivity index (χ1v) is 9.13. The molecule has 0 amide bonds. The molecule has 2 heterocycles. The molecule has 1 aromatic carbocycles. The van der Waals surface area contributed by atoms with Crippen LogP contribution in [0.3, 0.4) is 0 Å². The van der Waals surface area contributed by atoms with Gasteiger partial charge in [-0.15, -0.1) is 0 Å². The normalized spacial score (nSPS) is 19.2. The molecule has 2 aromatic rings. The summed E-state index contributed by atoms with van der Waals surface area (Å²) in [6.07, 6.45) is 2.71. The Kier molecular flexibility index (Phi) is 4.79. The third kappa shape index (κ3) is 3.26. The highest BCUT2D eigenvalue weighted by molar-refractivity contribution is 7.89. The van der Waals surface area contributed by atoms with Crippen LogP contribution in [0.5, 0.6) is 0 Å². The van der Waals surface area contributed by atoms with Gasteiger partial charge in [0.25, 0.3) is 0 Å². The number of nitrogens with one attached hydrogen (secondary N) is 1. The third-order valence-electron chi connectivity index (χ3n) is 3.96. The summed E-state index contributed by atoms with van der Waals surface area (Å²) in [4.78, 5) is 8.80. The molecule has 1 aliphatic rings. The number of aryl methyl sites for hydroxylation is 1. The average molecular weight is 348 g/mol. The molecule has 1 aromatic heterocycles. The molecule has 0 radical (unpaired) electrons. The highest BCUT2D eigenvalue weighted by atomic mass is 32.2. The van der Waals surface area contributed by atoms with Gasteiger partial charge < -0.3 is 10.1 Å². The van der Waals surface area contributed by atoms with Crippen LogP contribution in [-0.2, 0) is 14.8 Å². The van der Waals surface area contributed by atoms with Crippen molar-refractivity contribution in [1.82, 2.24) is 14.3 Å². The molecule has 24 heavy (non-hydrogen) atoms. The van der Waals surface area contributed by atoms with Crippen LogP contribution >= 0.6 is 0 Å². The Hall–Kier alpha value is -2.03. The van der Waals surface area contributed by atoms with E-state index in [2.05, 4.69) is 15.3 Å². The molecule has 1 aliphatic heterocycles. The van der Waals surface area contributed by atoms with Gasteiger partial charge in [-0.25, -0.2) is 13.4 Å². The molecule has 7 nitrogen and oxygen atoms in total. The molecule has 3 rings (SSSR count). The first kappa shape index (κ1) is 16.8. The number of sulfonamides is 1. The first-order valence-electron chi connectivity index (χ1n) is 7.69. The van der Waals surface area contributed by atoms with Crippen LogP contribution < -0.4 is 5.32 Å². The minimum absolute atomic E-state index is 0.212. The maximum atomic E-state index is 12.8. The Morgan fingerprint density at radius 1 is 1.21 bits per heavy atom. The minimum Gasteiger partial charge on any atom is -0.372 e. The van der Waals surface area contributed by atoms with Crippen LogP contribution in [0.4, 0.5) is 5.82 Å². The van der Waals surface area contributed by atoms with Crippen molar-refractivity contribution in [3.05, 3.63) is 47.9 Å². The van der Waals surface area contributed by atoms with Gasteiger partial charge in [-0.05, 0) is 19.1 Å². The van der Waals surface area contributed by atoms with Crippen LogP contribution in [-0.4, -0.2) is 49.4 Å². The zero-order valence-electron chi connectivity index (χ0n) is 13.6.